The van der Waals surface area contributed by atoms with Gasteiger partial charge in [-0.2, -0.15) is 0 Å². The lowest BCUT2D eigenvalue weighted by molar-refractivity contribution is 0.526. The average molecular weight is 308 g/mol. The lowest BCUT2D eigenvalue weighted by Crippen LogP contribution is -1.84. The SMILES string of the molecule is [C-]#[N+]CCCCCCCCCCCCCCCCCCCC. The Hall–Kier alpha value is -0.510. The fraction of sp³-hybridized carbons (Fsp3) is 0.952. The molecule has 0 aromatic rings. The van der Waals surface area contributed by atoms with Gasteiger partial charge in [-0.3, -0.25) is 0 Å². The summed E-state index contributed by atoms with van der Waals surface area (Å²) in [6.07, 6.45) is 25.4. The molecule has 130 valence electrons. The smallest absolute Gasteiger partial charge is 0.214 e. The van der Waals surface area contributed by atoms with E-state index in [4.69, 9.17) is 6.57 Å². The van der Waals surface area contributed by atoms with Crippen molar-refractivity contribution in [3.05, 3.63) is 11.4 Å². The summed E-state index contributed by atoms with van der Waals surface area (Å²) in [5, 5.41) is 0. The normalized spacial score (nSPS) is 10.7. The zero-order valence-corrected chi connectivity index (χ0v) is 15.4. The molecule has 0 aliphatic carbocycles. The molecule has 0 rings (SSSR count). The molecule has 0 unspecified atom stereocenters. The largest absolute Gasteiger partial charge is 0.317 e. The van der Waals surface area contributed by atoms with Crippen molar-refractivity contribution in [1.29, 1.82) is 0 Å². The summed E-state index contributed by atoms with van der Waals surface area (Å²) in [7, 11) is 0. The van der Waals surface area contributed by atoms with Gasteiger partial charge in [0, 0.05) is 6.42 Å². The minimum Gasteiger partial charge on any atom is -0.317 e. The lowest BCUT2D eigenvalue weighted by atomic mass is 10.0. The minimum absolute atomic E-state index is 0.735. The van der Waals surface area contributed by atoms with Crippen LogP contribution in [0, 0.1) is 6.57 Å². The van der Waals surface area contributed by atoms with Crippen LogP contribution in [0.4, 0.5) is 0 Å². The van der Waals surface area contributed by atoms with Crippen LogP contribution in [0.2, 0.25) is 0 Å². The van der Waals surface area contributed by atoms with Gasteiger partial charge in [-0.25, -0.2) is 6.57 Å². The van der Waals surface area contributed by atoms with Gasteiger partial charge in [-0.1, -0.05) is 110 Å². The van der Waals surface area contributed by atoms with Gasteiger partial charge in [-0.15, -0.1) is 0 Å². The van der Waals surface area contributed by atoms with E-state index < -0.39 is 0 Å². The van der Waals surface area contributed by atoms with E-state index in [0.29, 0.717) is 0 Å². The van der Waals surface area contributed by atoms with Crippen LogP contribution in [0.15, 0.2) is 0 Å². The van der Waals surface area contributed by atoms with Gasteiger partial charge in [0.05, 0.1) is 0 Å². The summed E-state index contributed by atoms with van der Waals surface area (Å²) in [5.41, 5.74) is 0. The first-order valence-corrected chi connectivity index (χ1v) is 10.2. The van der Waals surface area contributed by atoms with Crippen LogP contribution in [0.25, 0.3) is 4.85 Å². The molecule has 1 heteroatoms. The summed E-state index contributed by atoms with van der Waals surface area (Å²) >= 11 is 0. The monoisotopic (exact) mass is 307 g/mol. The standard InChI is InChI=1S/C21H41N/c1-3-4-5-6-7-8-9-10-11-12-13-14-15-16-17-18-19-20-21-22-2/h3-21H2,1H3. The highest BCUT2D eigenvalue weighted by atomic mass is 14.6. The highest BCUT2D eigenvalue weighted by Gasteiger charge is 1.95. The third-order valence-electron chi connectivity index (χ3n) is 4.62. The van der Waals surface area contributed by atoms with Crippen LogP contribution in [0.3, 0.4) is 0 Å². The average Bonchev–Trinajstić information content (AvgIpc) is 2.54. The molecule has 0 aliphatic heterocycles. The molecular weight excluding hydrogens is 266 g/mol. The molecule has 0 fully saturated rings. The van der Waals surface area contributed by atoms with E-state index >= 15 is 0 Å². The van der Waals surface area contributed by atoms with Crippen molar-refractivity contribution in [1.82, 2.24) is 0 Å². The van der Waals surface area contributed by atoms with E-state index in [1.807, 2.05) is 0 Å². The van der Waals surface area contributed by atoms with Crippen LogP contribution in [0.1, 0.15) is 122 Å². The number of unbranched alkanes of at least 4 members (excludes halogenated alkanes) is 17. The first-order chi connectivity index (χ1) is 10.9. The molecule has 0 amide bonds. The quantitative estimate of drug-likeness (QED) is 0.179. The van der Waals surface area contributed by atoms with Gasteiger partial charge in [0.25, 0.3) is 0 Å². The van der Waals surface area contributed by atoms with Crippen molar-refractivity contribution in [2.75, 3.05) is 6.54 Å². The number of hydrogen-bond donors (Lipinski definition) is 0. The number of nitrogens with zero attached hydrogens (tertiary/aromatic N) is 1. The van der Waals surface area contributed by atoms with Crippen molar-refractivity contribution in [2.24, 2.45) is 0 Å². The maximum Gasteiger partial charge on any atom is 0.214 e. The molecule has 0 saturated heterocycles. The summed E-state index contributed by atoms with van der Waals surface area (Å²) < 4.78 is 0. The lowest BCUT2D eigenvalue weighted by Gasteiger charge is -2.03. The molecule has 0 radical (unpaired) electrons. The van der Waals surface area contributed by atoms with E-state index in [0.717, 1.165) is 13.0 Å². The Morgan fingerprint density at radius 1 is 0.455 bits per heavy atom. The Labute approximate surface area is 141 Å². The van der Waals surface area contributed by atoms with E-state index in [2.05, 4.69) is 11.8 Å². The van der Waals surface area contributed by atoms with E-state index in [-0.39, 0.29) is 0 Å². The summed E-state index contributed by atoms with van der Waals surface area (Å²) in [6.45, 7) is 9.75. The second kappa shape index (κ2) is 20.5. The second-order valence-electron chi connectivity index (χ2n) is 6.89. The Bertz CT molecular complexity index is 229. The molecule has 0 bridgehead atoms. The fourth-order valence-corrected chi connectivity index (χ4v) is 3.09. The first-order valence-electron chi connectivity index (χ1n) is 10.2. The molecule has 0 aromatic carbocycles. The maximum absolute atomic E-state index is 6.73. The van der Waals surface area contributed by atoms with Gasteiger partial charge >= 0.3 is 0 Å². The molecule has 0 aromatic heterocycles. The van der Waals surface area contributed by atoms with Crippen molar-refractivity contribution >= 4 is 0 Å². The Morgan fingerprint density at radius 3 is 1.00 bits per heavy atom. The Kier molecular flexibility index (Phi) is 20.0. The Morgan fingerprint density at radius 2 is 0.727 bits per heavy atom. The topological polar surface area (TPSA) is 4.36 Å². The second-order valence-corrected chi connectivity index (χ2v) is 6.89. The van der Waals surface area contributed by atoms with Crippen molar-refractivity contribution in [2.45, 2.75) is 122 Å². The van der Waals surface area contributed by atoms with Gasteiger partial charge in [-0.05, 0) is 6.42 Å². The van der Waals surface area contributed by atoms with E-state index in [1.54, 1.807) is 0 Å². The van der Waals surface area contributed by atoms with Gasteiger partial charge in [0.15, 0.2) is 0 Å². The van der Waals surface area contributed by atoms with Crippen LogP contribution < -0.4 is 0 Å². The van der Waals surface area contributed by atoms with Crippen LogP contribution in [-0.2, 0) is 0 Å². The molecule has 0 N–H and O–H groups in total. The maximum atomic E-state index is 6.73. The molecule has 0 saturated carbocycles. The third kappa shape index (κ3) is 19.5. The summed E-state index contributed by atoms with van der Waals surface area (Å²) in [5.74, 6) is 0. The molecule has 0 aliphatic rings. The third-order valence-corrected chi connectivity index (χ3v) is 4.62. The van der Waals surface area contributed by atoms with Crippen LogP contribution in [-0.4, -0.2) is 6.54 Å². The van der Waals surface area contributed by atoms with Crippen molar-refractivity contribution in [3.63, 3.8) is 0 Å². The van der Waals surface area contributed by atoms with E-state index in [1.165, 1.54) is 109 Å². The number of hydrogen-bond acceptors (Lipinski definition) is 0. The molecule has 0 spiro atoms. The molecular formula is C21H41N. The van der Waals surface area contributed by atoms with Crippen molar-refractivity contribution in [3.8, 4) is 0 Å². The highest BCUT2D eigenvalue weighted by molar-refractivity contribution is 4.58. The molecule has 22 heavy (non-hydrogen) atoms. The first kappa shape index (κ1) is 21.5. The van der Waals surface area contributed by atoms with Crippen molar-refractivity contribution < 1.29 is 0 Å². The summed E-state index contributed by atoms with van der Waals surface area (Å²) in [4.78, 5) is 3.40. The Balaban J connectivity index is 2.93. The predicted octanol–water partition coefficient (Wildman–Crippen LogP) is 7.95. The fourth-order valence-electron chi connectivity index (χ4n) is 3.09. The highest BCUT2D eigenvalue weighted by Crippen LogP contribution is 2.14. The van der Waals surface area contributed by atoms with Crippen LogP contribution >= 0.6 is 0 Å². The zero-order valence-electron chi connectivity index (χ0n) is 15.4. The predicted molar refractivity (Wildman–Crippen MR) is 100 cm³/mol. The van der Waals surface area contributed by atoms with Gasteiger partial charge in [0.1, 0.15) is 0 Å². The molecule has 0 atom stereocenters. The molecule has 0 heterocycles. The van der Waals surface area contributed by atoms with E-state index in [9.17, 15) is 0 Å². The molecule has 1 nitrogen and oxygen atoms in total. The minimum atomic E-state index is 0.735. The number of rotatable bonds is 18. The zero-order chi connectivity index (χ0) is 16.1. The van der Waals surface area contributed by atoms with Gasteiger partial charge in [0.2, 0.25) is 6.54 Å². The summed E-state index contributed by atoms with van der Waals surface area (Å²) in [6, 6.07) is 0. The van der Waals surface area contributed by atoms with Gasteiger partial charge < -0.3 is 4.85 Å². The van der Waals surface area contributed by atoms with Crippen LogP contribution in [0.5, 0.6) is 0 Å².